The van der Waals surface area contributed by atoms with Crippen molar-refractivity contribution in [1.29, 1.82) is 0 Å². The molecule has 8 heteroatoms. The van der Waals surface area contributed by atoms with Crippen molar-refractivity contribution in [2.24, 2.45) is 0 Å². The highest BCUT2D eigenvalue weighted by molar-refractivity contribution is 6.42. The van der Waals surface area contributed by atoms with E-state index >= 15 is 0 Å². The molecule has 0 radical (unpaired) electrons. The van der Waals surface area contributed by atoms with E-state index in [-0.39, 0.29) is 10.6 Å². The highest BCUT2D eigenvalue weighted by Crippen LogP contribution is 2.22. The fourth-order valence-electron chi connectivity index (χ4n) is 1.03. The Bertz CT molecular complexity index is 519. The number of nitrogens with one attached hydrogen (secondary N) is 2. The molecule has 2 N–H and O–H groups in total. The van der Waals surface area contributed by atoms with Crippen LogP contribution in [-0.4, -0.2) is 24.4 Å². The number of hydrogen-bond donors (Lipinski definition) is 2. The molecule has 0 aromatic heterocycles. The molecule has 0 saturated carbocycles. The van der Waals surface area contributed by atoms with Gasteiger partial charge in [-0.15, -0.1) is 0 Å². The Labute approximate surface area is 119 Å². The summed E-state index contributed by atoms with van der Waals surface area (Å²) in [5, 5.41) is 0.514. The van der Waals surface area contributed by atoms with Gasteiger partial charge >= 0.3 is 5.97 Å². The van der Waals surface area contributed by atoms with Gasteiger partial charge in [-0.25, -0.2) is 4.79 Å². The van der Waals surface area contributed by atoms with Crippen LogP contribution in [0.5, 0.6) is 0 Å². The van der Waals surface area contributed by atoms with E-state index < -0.39 is 24.4 Å². The highest BCUT2D eigenvalue weighted by Gasteiger charge is 2.11. The van der Waals surface area contributed by atoms with Gasteiger partial charge in [0.25, 0.3) is 5.91 Å². The molecule has 2 amide bonds. The lowest BCUT2D eigenvalue weighted by Crippen LogP contribution is -2.42. The first-order valence-electron chi connectivity index (χ1n) is 5.07. The van der Waals surface area contributed by atoms with E-state index in [2.05, 4.69) is 5.43 Å². The molecule has 1 aromatic carbocycles. The SMILES string of the molecule is CC(=O)NNC(=O)COC(=O)c1ccc(Cl)c(Cl)c1. The predicted octanol–water partition coefficient (Wildman–Crippen LogP) is 1.32. The molecular weight excluding hydrogens is 295 g/mol. The van der Waals surface area contributed by atoms with E-state index in [1.165, 1.54) is 25.1 Å². The van der Waals surface area contributed by atoms with Gasteiger partial charge < -0.3 is 4.74 Å². The zero-order valence-corrected chi connectivity index (χ0v) is 11.3. The fraction of sp³-hybridized carbons (Fsp3) is 0.182. The lowest BCUT2D eigenvalue weighted by atomic mass is 10.2. The highest BCUT2D eigenvalue weighted by atomic mass is 35.5. The third kappa shape index (κ3) is 5.15. The molecule has 0 aliphatic rings. The maximum atomic E-state index is 11.6. The molecule has 0 aliphatic carbocycles. The first-order chi connectivity index (χ1) is 8.90. The Kier molecular flexibility index (Phi) is 5.59. The molecule has 0 fully saturated rings. The third-order valence-corrected chi connectivity index (χ3v) is 2.61. The minimum Gasteiger partial charge on any atom is -0.452 e. The van der Waals surface area contributed by atoms with Crippen LogP contribution in [0.3, 0.4) is 0 Å². The van der Waals surface area contributed by atoms with Crippen molar-refractivity contribution in [3.05, 3.63) is 33.8 Å². The first-order valence-corrected chi connectivity index (χ1v) is 5.83. The summed E-state index contributed by atoms with van der Waals surface area (Å²) in [6.07, 6.45) is 0. The van der Waals surface area contributed by atoms with Crippen LogP contribution in [0.15, 0.2) is 18.2 Å². The predicted molar refractivity (Wildman–Crippen MR) is 68.7 cm³/mol. The van der Waals surface area contributed by atoms with Crippen LogP contribution in [0.4, 0.5) is 0 Å². The Morgan fingerprint density at radius 3 is 2.42 bits per heavy atom. The monoisotopic (exact) mass is 304 g/mol. The van der Waals surface area contributed by atoms with Crippen LogP contribution in [0, 0.1) is 0 Å². The molecule has 0 unspecified atom stereocenters. The lowest BCUT2D eigenvalue weighted by Gasteiger charge is -2.07. The van der Waals surface area contributed by atoms with Crippen LogP contribution in [0.2, 0.25) is 10.0 Å². The number of hydrazine groups is 1. The van der Waals surface area contributed by atoms with Gasteiger partial charge in [0.05, 0.1) is 15.6 Å². The number of carbonyl (C=O) groups excluding carboxylic acids is 3. The topological polar surface area (TPSA) is 84.5 Å². The standard InChI is InChI=1S/C11H10Cl2N2O4/c1-6(16)14-15-10(17)5-19-11(18)7-2-3-8(12)9(13)4-7/h2-4H,5H2,1H3,(H,14,16)(H,15,17). The number of benzene rings is 1. The molecule has 0 bridgehead atoms. The minimum atomic E-state index is -0.725. The summed E-state index contributed by atoms with van der Waals surface area (Å²) >= 11 is 11.4. The Morgan fingerprint density at radius 1 is 1.16 bits per heavy atom. The van der Waals surface area contributed by atoms with Gasteiger partial charge in [-0.1, -0.05) is 23.2 Å². The molecule has 0 atom stereocenters. The van der Waals surface area contributed by atoms with Gasteiger partial charge in [0, 0.05) is 6.92 Å². The number of rotatable bonds is 3. The Morgan fingerprint density at radius 2 is 1.84 bits per heavy atom. The van der Waals surface area contributed by atoms with Crippen LogP contribution in [0.1, 0.15) is 17.3 Å². The average molecular weight is 305 g/mol. The van der Waals surface area contributed by atoms with Gasteiger partial charge in [-0.2, -0.15) is 0 Å². The normalized spacial score (nSPS) is 9.63. The fourth-order valence-corrected chi connectivity index (χ4v) is 1.33. The molecule has 0 aliphatic heterocycles. The maximum Gasteiger partial charge on any atom is 0.338 e. The number of amides is 2. The zero-order chi connectivity index (χ0) is 14.4. The van der Waals surface area contributed by atoms with Crippen LogP contribution >= 0.6 is 23.2 Å². The van der Waals surface area contributed by atoms with Crippen molar-refractivity contribution >= 4 is 41.0 Å². The molecule has 102 valence electrons. The molecule has 0 saturated heterocycles. The van der Waals surface area contributed by atoms with Gasteiger partial charge in [-0.3, -0.25) is 20.4 Å². The van der Waals surface area contributed by atoms with Gasteiger partial charge in [0.15, 0.2) is 6.61 Å². The van der Waals surface area contributed by atoms with Gasteiger partial charge in [0.1, 0.15) is 0 Å². The molecule has 0 spiro atoms. The summed E-state index contributed by atoms with van der Waals surface area (Å²) in [6, 6.07) is 4.19. The zero-order valence-electron chi connectivity index (χ0n) is 9.83. The Hall–Kier alpha value is -1.79. The average Bonchev–Trinajstić information content (AvgIpc) is 2.36. The quantitative estimate of drug-likeness (QED) is 0.651. The third-order valence-electron chi connectivity index (χ3n) is 1.87. The van der Waals surface area contributed by atoms with Gasteiger partial charge in [0.2, 0.25) is 5.91 Å². The van der Waals surface area contributed by atoms with Crippen molar-refractivity contribution in [3.63, 3.8) is 0 Å². The van der Waals surface area contributed by atoms with E-state index in [4.69, 9.17) is 27.9 Å². The molecule has 1 rings (SSSR count). The van der Waals surface area contributed by atoms with Crippen molar-refractivity contribution < 1.29 is 19.1 Å². The minimum absolute atomic E-state index is 0.168. The molecule has 1 aromatic rings. The second-order valence-corrected chi connectivity index (χ2v) is 4.25. The van der Waals surface area contributed by atoms with Crippen molar-refractivity contribution in [2.75, 3.05) is 6.61 Å². The molecule has 6 nitrogen and oxygen atoms in total. The summed E-state index contributed by atoms with van der Waals surface area (Å²) in [7, 11) is 0. The van der Waals surface area contributed by atoms with Crippen molar-refractivity contribution in [2.45, 2.75) is 6.92 Å². The van der Waals surface area contributed by atoms with Crippen molar-refractivity contribution in [3.8, 4) is 0 Å². The van der Waals surface area contributed by atoms with Gasteiger partial charge in [-0.05, 0) is 18.2 Å². The van der Waals surface area contributed by atoms with E-state index in [0.717, 1.165) is 0 Å². The number of halogens is 2. The Balaban J connectivity index is 2.49. The molecular formula is C11H10Cl2N2O4. The summed E-state index contributed by atoms with van der Waals surface area (Å²) in [4.78, 5) is 33.2. The van der Waals surface area contributed by atoms with Crippen LogP contribution in [0.25, 0.3) is 0 Å². The largest absolute Gasteiger partial charge is 0.452 e. The first kappa shape index (κ1) is 15.3. The second kappa shape index (κ2) is 6.96. The van der Waals surface area contributed by atoms with E-state index in [1.54, 1.807) is 0 Å². The van der Waals surface area contributed by atoms with E-state index in [0.29, 0.717) is 5.02 Å². The van der Waals surface area contributed by atoms with Crippen LogP contribution in [-0.2, 0) is 14.3 Å². The lowest BCUT2D eigenvalue weighted by molar-refractivity contribution is -0.129. The summed E-state index contributed by atoms with van der Waals surface area (Å²) in [5.74, 6) is -1.83. The summed E-state index contributed by atoms with van der Waals surface area (Å²) < 4.78 is 4.71. The summed E-state index contributed by atoms with van der Waals surface area (Å²) in [5.41, 5.74) is 4.27. The molecule has 19 heavy (non-hydrogen) atoms. The van der Waals surface area contributed by atoms with E-state index in [9.17, 15) is 14.4 Å². The second-order valence-electron chi connectivity index (χ2n) is 3.43. The number of esters is 1. The number of carbonyl (C=O) groups is 3. The van der Waals surface area contributed by atoms with E-state index in [1.807, 2.05) is 5.43 Å². The van der Waals surface area contributed by atoms with Crippen LogP contribution < -0.4 is 10.9 Å². The van der Waals surface area contributed by atoms with Crippen molar-refractivity contribution in [1.82, 2.24) is 10.9 Å². The molecule has 0 heterocycles. The number of hydrogen-bond acceptors (Lipinski definition) is 4. The summed E-state index contributed by atoms with van der Waals surface area (Å²) in [6.45, 7) is 0.696. The maximum absolute atomic E-state index is 11.6. The smallest absolute Gasteiger partial charge is 0.338 e. The number of ether oxygens (including phenoxy) is 1.